The lowest BCUT2D eigenvalue weighted by Gasteiger charge is -2.48. The Hall–Kier alpha value is -2.74. The van der Waals surface area contributed by atoms with Gasteiger partial charge in [0.15, 0.2) is 0 Å². The molecule has 2 fully saturated rings. The zero-order valence-corrected chi connectivity index (χ0v) is 24.7. The predicted molar refractivity (Wildman–Crippen MR) is 163 cm³/mol. The van der Waals surface area contributed by atoms with E-state index in [4.69, 9.17) is 11.6 Å². The van der Waals surface area contributed by atoms with Gasteiger partial charge in [0.2, 0.25) is 5.91 Å². The number of halogens is 1. The van der Waals surface area contributed by atoms with Gasteiger partial charge in [-0.25, -0.2) is 4.98 Å². The van der Waals surface area contributed by atoms with Crippen LogP contribution in [0.1, 0.15) is 61.6 Å². The Kier molecular flexibility index (Phi) is 9.04. The maximum atomic E-state index is 13.6. The van der Waals surface area contributed by atoms with Crippen molar-refractivity contribution in [2.45, 2.75) is 83.0 Å². The van der Waals surface area contributed by atoms with E-state index in [1.54, 1.807) is 6.33 Å². The third-order valence-electron chi connectivity index (χ3n) is 9.88. The minimum atomic E-state index is -0.208. The number of carbonyl (C=O) groups excluding carboxylic acids is 1. The lowest BCUT2D eigenvalue weighted by Crippen LogP contribution is -2.55. The van der Waals surface area contributed by atoms with Gasteiger partial charge in [0.05, 0.1) is 6.04 Å². The average Bonchev–Trinajstić information content (AvgIpc) is 3.52. The van der Waals surface area contributed by atoms with Crippen LogP contribution in [0, 0.1) is 11.3 Å². The van der Waals surface area contributed by atoms with E-state index >= 15 is 0 Å². The monoisotopic (exact) mass is 574 g/mol. The SMILES string of the molecule is O=C(N[C@@H](Cc1ccc(Cl)cc1)CN1CCC(Cn2cncn2)(C2CCCCC2)CC1)[C@H]1Cc2ccccc2CN1. The molecule has 2 N–H and O–H groups in total. The summed E-state index contributed by atoms with van der Waals surface area (Å²) in [7, 11) is 0. The zero-order chi connectivity index (χ0) is 28.1. The molecule has 7 nitrogen and oxygen atoms in total. The molecule has 2 aliphatic heterocycles. The van der Waals surface area contributed by atoms with E-state index < -0.39 is 0 Å². The molecule has 0 radical (unpaired) electrons. The summed E-state index contributed by atoms with van der Waals surface area (Å²) in [6, 6.07) is 16.3. The number of fused-ring (bicyclic) bond motifs is 1. The Bertz CT molecular complexity index is 1270. The minimum absolute atomic E-state index is 0.0279. The van der Waals surface area contributed by atoms with Crippen molar-refractivity contribution in [1.29, 1.82) is 0 Å². The van der Waals surface area contributed by atoms with E-state index in [2.05, 4.69) is 66.7 Å². The first-order valence-electron chi connectivity index (χ1n) is 15.5. The predicted octanol–water partition coefficient (Wildman–Crippen LogP) is 5.04. The largest absolute Gasteiger partial charge is 0.350 e. The number of carbonyl (C=O) groups is 1. The first-order chi connectivity index (χ1) is 20.1. The fraction of sp³-hybridized carbons (Fsp3) is 0.545. The highest BCUT2D eigenvalue weighted by molar-refractivity contribution is 6.30. The highest BCUT2D eigenvalue weighted by Crippen LogP contribution is 2.47. The van der Waals surface area contributed by atoms with Gasteiger partial charge in [-0.1, -0.05) is 67.3 Å². The standard InChI is InChI=1S/C33H43ClN6O/c34-29-12-10-25(11-13-29)18-30(38-32(41)31-19-26-6-4-5-7-27(26)20-36-31)21-39-16-14-33(15-17-39,22-40-24-35-23-37-40)28-8-2-1-3-9-28/h4-7,10-13,23-24,28,30-31,36H,1-3,8-9,14-22H2,(H,38,41)/t30-,31+/m0/s1. The van der Waals surface area contributed by atoms with Crippen LogP contribution in [0.4, 0.5) is 0 Å². The molecule has 3 aliphatic rings. The minimum Gasteiger partial charge on any atom is -0.350 e. The summed E-state index contributed by atoms with van der Waals surface area (Å²) in [5.74, 6) is 0.852. The lowest BCUT2D eigenvalue weighted by atomic mass is 9.63. The normalized spacial score (nSPS) is 22.1. The second-order valence-electron chi connectivity index (χ2n) is 12.5. The molecule has 1 saturated heterocycles. The van der Waals surface area contributed by atoms with Crippen molar-refractivity contribution in [3.63, 3.8) is 0 Å². The zero-order valence-electron chi connectivity index (χ0n) is 24.0. The molecule has 6 rings (SSSR count). The van der Waals surface area contributed by atoms with Gasteiger partial charge in [-0.2, -0.15) is 5.10 Å². The number of hydrogen-bond acceptors (Lipinski definition) is 5. The van der Waals surface area contributed by atoms with Gasteiger partial charge in [0, 0.05) is 30.7 Å². The Labute approximate surface area is 249 Å². The van der Waals surface area contributed by atoms with Gasteiger partial charge in [-0.05, 0) is 91.8 Å². The molecule has 8 heteroatoms. The highest BCUT2D eigenvalue weighted by Gasteiger charge is 2.42. The first kappa shape index (κ1) is 28.4. The third kappa shape index (κ3) is 7.02. The van der Waals surface area contributed by atoms with Crippen LogP contribution < -0.4 is 10.6 Å². The van der Waals surface area contributed by atoms with Gasteiger partial charge in [-0.15, -0.1) is 0 Å². The fourth-order valence-electron chi connectivity index (χ4n) is 7.55. The van der Waals surface area contributed by atoms with Crippen LogP contribution in [0.5, 0.6) is 0 Å². The molecular formula is C33H43ClN6O. The van der Waals surface area contributed by atoms with Crippen LogP contribution in [-0.4, -0.2) is 57.3 Å². The third-order valence-corrected chi connectivity index (χ3v) is 10.1. The number of likely N-dealkylation sites (tertiary alicyclic amines) is 1. The molecule has 3 heterocycles. The van der Waals surface area contributed by atoms with Crippen LogP contribution in [0.25, 0.3) is 0 Å². The summed E-state index contributed by atoms with van der Waals surface area (Å²) in [5.41, 5.74) is 4.03. The topological polar surface area (TPSA) is 75.1 Å². The maximum absolute atomic E-state index is 13.6. The molecule has 1 aliphatic carbocycles. The van der Waals surface area contributed by atoms with Crippen LogP contribution in [0.3, 0.4) is 0 Å². The second kappa shape index (κ2) is 13.1. The molecule has 41 heavy (non-hydrogen) atoms. The molecule has 1 amide bonds. The number of piperidine rings is 1. The van der Waals surface area contributed by atoms with Crippen molar-refractivity contribution in [3.8, 4) is 0 Å². The molecule has 2 aromatic carbocycles. The molecular weight excluding hydrogens is 532 g/mol. The molecule has 1 saturated carbocycles. The van der Waals surface area contributed by atoms with Crippen LogP contribution in [0.2, 0.25) is 5.02 Å². The molecule has 0 bridgehead atoms. The van der Waals surface area contributed by atoms with Crippen molar-refractivity contribution in [2.24, 2.45) is 11.3 Å². The van der Waals surface area contributed by atoms with Crippen molar-refractivity contribution in [3.05, 3.63) is 82.9 Å². The van der Waals surface area contributed by atoms with E-state index in [9.17, 15) is 4.79 Å². The summed E-state index contributed by atoms with van der Waals surface area (Å²) in [5, 5.41) is 12.1. The molecule has 2 atom stereocenters. The van der Waals surface area contributed by atoms with Gasteiger partial charge in [0.25, 0.3) is 0 Å². The van der Waals surface area contributed by atoms with Gasteiger partial charge in [0.1, 0.15) is 12.7 Å². The van der Waals surface area contributed by atoms with Gasteiger partial charge >= 0.3 is 0 Å². The Balaban J connectivity index is 1.13. The number of hydrogen-bond donors (Lipinski definition) is 2. The van der Waals surface area contributed by atoms with E-state index in [-0.39, 0.29) is 23.4 Å². The van der Waals surface area contributed by atoms with Crippen LogP contribution in [0.15, 0.2) is 61.2 Å². The molecule has 0 unspecified atom stereocenters. The molecule has 218 valence electrons. The van der Waals surface area contributed by atoms with E-state index in [1.165, 1.54) is 61.6 Å². The summed E-state index contributed by atoms with van der Waals surface area (Å²) in [6.45, 7) is 4.64. The Morgan fingerprint density at radius 2 is 1.80 bits per heavy atom. The highest BCUT2D eigenvalue weighted by atomic mass is 35.5. The quantitative estimate of drug-likeness (QED) is 0.375. The van der Waals surface area contributed by atoms with Crippen molar-refractivity contribution < 1.29 is 4.79 Å². The summed E-state index contributed by atoms with van der Waals surface area (Å²) in [6.07, 6.45) is 14.1. The van der Waals surface area contributed by atoms with Crippen molar-refractivity contribution in [1.82, 2.24) is 30.3 Å². The average molecular weight is 575 g/mol. The number of benzene rings is 2. The summed E-state index contributed by atoms with van der Waals surface area (Å²) >= 11 is 6.18. The lowest BCUT2D eigenvalue weighted by molar-refractivity contribution is -0.124. The Morgan fingerprint density at radius 3 is 2.54 bits per heavy atom. The summed E-state index contributed by atoms with van der Waals surface area (Å²) < 4.78 is 2.06. The fourth-order valence-corrected chi connectivity index (χ4v) is 7.67. The first-order valence-corrected chi connectivity index (χ1v) is 15.8. The number of nitrogens with one attached hydrogen (secondary N) is 2. The maximum Gasteiger partial charge on any atom is 0.237 e. The van der Waals surface area contributed by atoms with Gasteiger partial charge in [-0.3, -0.25) is 9.48 Å². The number of amides is 1. The number of nitrogens with zero attached hydrogens (tertiary/aromatic N) is 4. The van der Waals surface area contributed by atoms with E-state index in [1.807, 2.05) is 18.5 Å². The van der Waals surface area contributed by atoms with Crippen molar-refractivity contribution in [2.75, 3.05) is 19.6 Å². The van der Waals surface area contributed by atoms with Crippen LogP contribution >= 0.6 is 11.6 Å². The molecule has 0 spiro atoms. The van der Waals surface area contributed by atoms with Crippen molar-refractivity contribution >= 4 is 17.5 Å². The second-order valence-corrected chi connectivity index (χ2v) is 13.0. The molecule has 1 aromatic heterocycles. The molecule has 3 aromatic rings. The number of aromatic nitrogens is 3. The van der Waals surface area contributed by atoms with E-state index in [0.717, 1.165) is 56.5 Å². The Morgan fingerprint density at radius 1 is 1.05 bits per heavy atom. The van der Waals surface area contributed by atoms with Crippen LogP contribution in [-0.2, 0) is 30.7 Å². The number of rotatable bonds is 9. The van der Waals surface area contributed by atoms with E-state index in [0.29, 0.717) is 0 Å². The van der Waals surface area contributed by atoms with Gasteiger partial charge < -0.3 is 15.5 Å². The summed E-state index contributed by atoms with van der Waals surface area (Å²) in [4.78, 5) is 20.4. The smallest absolute Gasteiger partial charge is 0.237 e.